The van der Waals surface area contributed by atoms with Gasteiger partial charge >= 0.3 is 5.63 Å². The molecular formula is C17H22NO3+. The van der Waals surface area contributed by atoms with Crippen molar-refractivity contribution in [1.29, 1.82) is 0 Å². The molecule has 21 heavy (non-hydrogen) atoms. The average molecular weight is 288 g/mol. The molecule has 1 N–H and O–H groups in total. The zero-order chi connectivity index (χ0) is 14.8. The van der Waals surface area contributed by atoms with E-state index in [1.807, 2.05) is 12.1 Å². The Labute approximate surface area is 124 Å². The van der Waals surface area contributed by atoms with E-state index in [0.29, 0.717) is 17.4 Å². The van der Waals surface area contributed by atoms with Crippen molar-refractivity contribution in [2.45, 2.75) is 38.8 Å². The predicted octanol–water partition coefficient (Wildman–Crippen LogP) is 1.76. The van der Waals surface area contributed by atoms with Crippen molar-refractivity contribution < 1.29 is 14.1 Å². The lowest BCUT2D eigenvalue weighted by molar-refractivity contribution is -0.941. The standard InChI is InChI=1S/C17H21NO3/c1-12-5-3-4-8-18(12)11-13-9-17(19)21-16-10-14(20-2)6-7-15(13)16/h6-7,9-10,12H,3-5,8,11H2,1-2H3/p+1/t12-/m1/s1. The maximum atomic E-state index is 11.8. The van der Waals surface area contributed by atoms with Crippen LogP contribution >= 0.6 is 0 Å². The smallest absolute Gasteiger partial charge is 0.336 e. The molecule has 0 saturated carbocycles. The number of likely N-dealkylation sites (tertiary alicyclic amines) is 1. The van der Waals surface area contributed by atoms with E-state index in [2.05, 4.69) is 6.92 Å². The normalized spacial score (nSPS) is 22.4. The van der Waals surface area contributed by atoms with Crippen LogP contribution in [0.3, 0.4) is 0 Å². The van der Waals surface area contributed by atoms with Crippen molar-refractivity contribution in [1.82, 2.24) is 0 Å². The Morgan fingerprint density at radius 2 is 2.19 bits per heavy atom. The first-order valence-corrected chi connectivity index (χ1v) is 7.63. The van der Waals surface area contributed by atoms with Crippen LogP contribution in [0.5, 0.6) is 5.75 Å². The molecule has 112 valence electrons. The van der Waals surface area contributed by atoms with E-state index in [4.69, 9.17) is 9.15 Å². The summed E-state index contributed by atoms with van der Waals surface area (Å²) in [4.78, 5) is 13.4. The summed E-state index contributed by atoms with van der Waals surface area (Å²) in [5, 5.41) is 1.01. The van der Waals surface area contributed by atoms with E-state index in [0.717, 1.165) is 17.5 Å². The van der Waals surface area contributed by atoms with E-state index in [9.17, 15) is 4.79 Å². The van der Waals surface area contributed by atoms with Gasteiger partial charge in [0.05, 0.1) is 19.7 Å². The third-order valence-electron chi connectivity index (χ3n) is 4.54. The first kappa shape index (κ1) is 14.1. The summed E-state index contributed by atoms with van der Waals surface area (Å²) in [5.41, 5.74) is 1.41. The molecule has 1 unspecified atom stereocenters. The molecule has 2 atom stereocenters. The maximum absolute atomic E-state index is 11.8. The number of nitrogens with one attached hydrogen (secondary N) is 1. The topological polar surface area (TPSA) is 43.9 Å². The van der Waals surface area contributed by atoms with Crippen molar-refractivity contribution in [2.24, 2.45) is 0 Å². The maximum Gasteiger partial charge on any atom is 0.336 e. The highest BCUT2D eigenvalue weighted by atomic mass is 16.5. The van der Waals surface area contributed by atoms with E-state index >= 15 is 0 Å². The van der Waals surface area contributed by atoms with Crippen LogP contribution in [0.2, 0.25) is 0 Å². The van der Waals surface area contributed by atoms with Crippen molar-refractivity contribution >= 4 is 11.0 Å². The first-order chi connectivity index (χ1) is 10.2. The van der Waals surface area contributed by atoms with Gasteiger partial charge in [0, 0.05) is 23.1 Å². The molecule has 1 saturated heterocycles. The SMILES string of the molecule is COc1ccc2c(C[NH+]3CCCC[C@H]3C)cc(=O)oc2c1. The third kappa shape index (κ3) is 2.95. The zero-order valence-corrected chi connectivity index (χ0v) is 12.6. The fourth-order valence-corrected chi connectivity index (χ4v) is 3.24. The number of hydrogen-bond donors (Lipinski definition) is 1. The van der Waals surface area contributed by atoms with Crippen molar-refractivity contribution in [3.8, 4) is 5.75 Å². The fraction of sp³-hybridized carbons (Fsp3) is 0.471. The lowest BCUT2D eigenvalue weighted by Gasteiger charge is -2.30. The zero-order valence-electron chi connectivity index (χ0n) is 12.6. The molecule has 2 heterocycles. The Hall–Kier alpha value is -1.81. The molecule has 1 aliphatic rings. The molecule has 1 aromatic heterocycles. The molecule has 0 radical (unpaired) electrons. The third-order valence-corrected chi connectivity index (χ3v) is 4.54. The second kappa shape index (κ2) is 5.90. The van der Waals surface area contributed by atoms with Crippen LogP contribution in [0.1, 0.15) is 31.7 Å². The van der Waals surface area contributed by atoms with Gasteiger partial charge in [0.1, 0.15) is 17.9 Å². The van der Waals surface area contributed by atoms with Gasteiger partial charge < -0.3 is 14.1 Å². The van der Waals surface area contributed by atoms with Crippen LogP contribution in [-0.4, -0.2) is 19.7 Å². The largest absolute Gasteiger partial charge is 0.497 e. The Morgan fingerprint density at radius 1 is 1.33 bits per heavy atom. The number of quaternary nitrogens is 1. The summed E-state index contributed by atoms with van der Waals surface area (Å²) < 4.78 is 10.5. The Balaban J connectivity index is 1.99. The Morgan fingerprint density at radius 3 is 2.95 bits per heavy atom. The molecule has 0 spiro atoms. The molecule has 1 aromatic carbocycles. The summed E-state index contributed by atoms with van der Waals surface area (Å²) in [5.74, 6) is 0.710. The van der Waals surface area contributed by atoms with Crippen molar-refractivity contribution in [2.75, 3.05) is 13.7 Å². The molecule has 2 aromatic rings. The van der Waals surface area contributed by atoms with Crippen LogP contribution < -0.4 is 15.3 Å². The molecule has 1 aliphatic heterocycles. The van der Waals surface area contributed by atoms with Crippen LogP contribution in [0, 0.1) is 0 Å². The van der Waals surface area contributed by atoms with E-state index < -0.39 is 0 Å². The second-order valence-corrected chi connectivity index (χ2v) is 5.93. The molecule has 0 amide bonds. The number of piperidine rings is 1. The van der Waals surface area contributed by atoms with Gasteiger partial charge in [0.2, 0.25) is 0 Å². The molecule has 1 fully saturated rings. The van der Waals surface area contributed by atoms with E-state index in [1.165, 1.54) is 25.8 Å². The van der Waals surface area contributed by atoms with Gasteiger partial charge in [0.15, 0.2) is 0 Å². The minimum atomic E-state index is -0.283. The number of fused-ring (bicyclic) bond motifs is 1. The van der Waals surface area contributed by atoms with E-state index in [1.54, 1.807) is 24.1 Å². The monoisotopic (exact) mass is 288 g/mol. The highest BCUT2D eigenvalue weighted by Gasteiger charge is 2.23. The number of rotatable bonds is 3. The summed E-state index contributed by atoms with van der Waals surface area (Å²) in [6.07, 6.45) is 3.86. The Bertz CT molecular complexity index is 692. The van der Waals surface area contributed by atoms with Gasteiger partial charge in [-0.3, -0.25) is 0 Å². The molecule has 0 bridgehead atoms. The van der Waals surface area contributed by atoms with Crippen LogP contribution in [0.25, 0.3) is 11.0 Å². The highest BCUT2D eigenvalue weighted by molar-refractivity contribution is 5.81. The average Bonchev–Trinajstić information content (AvgIpc) is 2.48. The summed E-state index contributed by atoms with van der Waals surface area (Å²) in [6.45, 7) is 4.36. The summed E-state index contributed by atoms with van der Waals surface area (Å²) >= 11 is 0. The van der Waals surface area contributed by atoms with Gasteiger partial charge in [-0.15, -0.1) is 0 Å². The van der Waals surface area contributed by atoms with Crippen LogP contribution in [-0.2, 0) is 6.54 Å². The van der Waals surface area contributed by atoms with Gasteiger partial charge in [-0.05, 0) is 38.3 Å². The second-order valence-electron chi connectivity index (χ2n) is 5.93. The number of benzene rings is 1. The molecule has 3 rings (SSSR count). The molecule has 0 aliphatic carbocycles. The minimum absolute atomic E-state index is 0.283. The molecular weight excluding hydrogens is 266 g/mol. The Kier molecular flexibility index (Phi) is 3.97. The van der Waals surface area contributed by atoms with Gasteiger partial charge in [-0.25, -0.2) is 4.79 Å². The fourth-order valence-electron chi connectivity index (χ4n) is 3.24. The van der Waals surface area contributed by atoms with Crippen LogP contribution in [0.4, 0.5) is 0 Å². The number of methoxy groups -OCH3 is 1. The lowest BCUT2D eigenvalue weighted by Crippen LogP contribution is -3.14. The lowest BCUT2D eigenvalue weighted by atomic mass is 10.0. The quantitative estimate of drug-likeness (QED) is 0.875. The minimum Gasteiger partial charge on any atom is -0.497 e. The predicted molar refractivity (Wildman–Crippen MR) is 81.9 cm³/mol. The van der Waals surface area contributed by atoms with Crippen molar-refractivity contribution in [3.63, 3.8) is 0 Å². The van der Waals surface area contributed by atoms with Crippen molar-refractivity contribution in [3.05, 3.63) is 40.2 Å². The van der Waals surface area contributed by atoms with Gasteiger partial charge in [-0.2, -0.15) is 0 Å². The number of ether oxygens (including phenoxy) is 1. The molecule has 4 nitrogen and oxygen atoms in total. The van der Waals surface area contributed by atoms with Gasteiger partial charge in [0.25, 0.3) is 0 Å². The molecule has 4 heteroatoms. The van der Waals surface area contributed by atoms with Crippen LogP contribution in [0.15, 0.2) is 33.5 Å². The summed E-state index contributed by atoms with van der Waals surface area (Å²) in [6, 6.07) is 7.99. The summed E-state index contributed by atoms with van der Waals surface area (Å²) in [7, 11) is 1.61. The van der Waals surface area contributed by atoms with E-state index in [-0.39, 0.29) is 5.63 Å². The first-order valence-electron chi connectivity index (χ1n) is 7.63. The number of hydrogen-bond acceptors (Lipinski definition) is 3. The highest BCUT2D eigenvalue weighted by Crippen LogP contribution is 2.22. The van der Waals surface area contributed by atoms with Gasteiger partial charge in [-0.1, -0.05) is 0 Å².